The summed E-state index contributed by atoms with van der Waals surface area (Å²) in [5.74, 6) is -0.222. The van der Waals surface area contributed by atoms with Gasteiger partial charge in [0.25, 0.3) is 5.91 Å². The fourth-order valence-corrected chi connectivity index (χ4v) is 5.30. The summed E-state index contributed by atoms with van der Waals surface area (Å²) in [4.78, 5) is 38.3. The van der Waals surface area contributed by atoms with Crippen LogP contribution in [0, 0.1) is 5.92 Å². The van der Waals surface area contributed by atoms with Crippen LogP contribution in [0.3, 0.4) is 0 Å². The number of rotatable bonds is 13. The van der Waals surface area contributed by atoms with Gasteiger partial charge in [0.2, 0.25) is 5.95 Å². The van der Waals surface area contributed by atoms with Gasteiger partial charge in [-0.3, -0.25) is 9.59 Å². The predicted octanol–water partition coefficient (Wildman–Crippen LogP) is 4.99. The predicted molar refractivity (Wildman–Crippen MR) is 158 cm³/mol. The number of aliphatic carboxylic acids is 1. The van der Waals surface area contributed by atoms with E-state index in [2.05, 4.69) is 34.1 Å². The van der Waals surface area contributed by atoms with E-state index in [0.29, 0.717) is 41.1 Å². The Labute approximate surface area is 241 Å². The number of piperidine rings is 1. The van der Waals surface area contributed by atoms with Gasteiger partial charge in [0.15, 0.2) is 0 Å². The van der Waals surface area contributed by atoms with Crippen molar-refractivity contribution in [3.8, 4) is 0 Å². The fourth-order valence-electron chi connectivity index (χ4n) is 5.17. The summed E-state index contributed by atoms with van der Waals surface area (Å²) in [5.41, 5.74) is 8.85. The van der Waals surface area contributed by atoms with Crippen molar-refractivity contribution in [1.29, 1.82) is 0 Å². The van der Waals surface area contributed by atoms with Gasteiger partial charge in [-0.2, -0.15) is 0 Å². The number of hydrogen-bond donors (Lipinski definition) is 2. The maximum Gasteiger partial charge on any atom is 0.323 e. The second-order valence-electron chi connectivity index (χ2n) is 10.4. The van der Waals surface area contributed by atoms with Gasteiger partial charge >= 0.3 is 5.97 Å². The molecule has 0 bridgehead atoms. The number of benzene rings is 2. The van der Waals surface area contributed by atoms with Crippen molar-refractivity contribution in [3.05, 3.63) is 88.2 Å². The van der Waals surface area contributed by atoms with Crippen molar-refractivity contribution >= 4 is 29.4 Å². The van der Waals surface area contributed by atoms with Gasteiger partial charge in [-0.15, -0.1) is 0 Å². The van der Waals surface area contributed by atoms with Crippen LogP contribution < -0.4 is 10.6 Å². The second-order valence-corrected chi connectivity index (χ2v) is 10.9. The smallest absolute Gasteiger partial charge is 0.323 e. The van der Waals surface area contributed by atoms with Gasteiger partial charge in [-0.1, -0.05) is 60.5 Å². The highest BCUT2D eigenvalue weighted by Crippen LogP contribution is 2.25. The minimum absolute atomic E-state index is 0.144. The third-order valence-corrected chi connectivity index (χ3v) is 7.62. The molecular weight excluding hydrogens is 526 g/mol. The van der Waals surface area contributed by atoms with E-state index in [0.717, 1.165) is 57.2 Å². The van der Waals surface area contributed by atoms with Crippen molar-refractivity contribution in [2.24, 2.45) is 11.7 Å². The molecule has 0 spiro atoms. The van der Waals surface area contributed by atoms with Crippen LogP contribution in [0.15, 0.2) is 60.8 Å². The molecule has 2 aromatic carbocycles. The molecule has 2 heterocycles. The minimum Gasteiger partial charge on any atom is -0.480 e. The van der Waals surface area contributed by atoms with Gasteiger partial charge in [0.1, 0.15) is 6.54 Å². The number of amides is 1. The Morgan fingerprint density at radius 1 is 1.00 bits per heavy atom. The van der Waals surface area contributed by atoms with Crippen LogP contribution in [0.1, 0.15) is 59.3 Å². The summed E-state index contributed by atoms with van der Waals surface area (Å²) in [6, 6.07) is 17.6. The number of halogens is 1. The Balaban J connectivity index is 1.51. The van der Waals surface area contributed by atoms with E-state index < -0.39 is 12.5 Å². The number of carbonyl (C=O) groups excluding carboxylic acids is 1. The van der Waals surface area contributed by atoms with E-state index in [1.165, 1.54) is 10.5 Å². The molecule has 0 atom stereocenters. The Morgan fingerprint density at radius 3 is 2.40 bits per heavy atom. The van der Waals surface area contributed by atoms with Gasteiger partial charge in [-0.25, -0.2) is 9.97 Å². The number of anilines is 1. The fraction of sp³-hybridized carbons (Fsp3) is 0.419. The van der Waals surface area contributed by atoms with Gasteiger partial charge in [-0.05, 0) is 74.2 Å². The number of unbranched alkanes of at least 4 members (excludes halogenated alkanes) is 2. The number of hydrogen-bond acceptors (Lipinski definition) is 6. The Hall–Kier alpha value is -3.49. The number of nitrogens with zero attached hydrogens (tertiary/aromatic N) is 4. The molecule has 0 unspecified atom stereocenters. The Kier molecular flexibility index (Phi) is 10.9. The van der Waals surface area contributed by atoms with E-state index in [4.69, 9.17) is 22.3 Å². The molecule has 9 heteroatoms. The van der Waals surface area contributed by atoms with E-state index in [9.17, 15) is 14.7 Å². The molecule has 212 valence electrons. The van der Waals surface area contributed by atoms with Crippen LogP contribution in [0.5, 0.6) is 0 Å². The third kappa shape index (κ3) is 8.50. The molecule has 1 aromatic heterocycles. The molecular formula is C31H38ClN5O3. The normalized spacial score (nSPS) is 13.8. The molecule has 8 nitrogen and oxygen atoms in total. The number of aryl methyl sites for hydroxylation is 1. The van der Waals surface area contributed by atoms with Crippen LogP contribution in [0.2, 0.25) is 5.02 Å². The van der Waals surface area contributed by atoms with Crippen LogP contribution in [-0.4, -0.2) is 58.0 Å². The lowest BCUT2D eigenvalue weighted by Gasteiger charge is -2.32. The van der Waals surface area contributed by atoms with Crippen molar-refractivity contribution in [2.75, 3.05) is 31.1 Å². The molecule has 4 rings (SSSR count). The lowest BCUT2D eigenvalue weighted by Crippen LogP contribution is -2.37. The summed E-state index contributed by atoms with van der Waals surface area (Å²) in [7, 11) is 0. The van der Waals surface area contributed by atoms with Crippen molar-refractivity contribution in [1.82, 2.24) is 14.9 Å². The zero-order chi connectivity index (χ0) is 28.3. The highest BCUT2D eigenvalue weighted by molar-refractivity contribution is 6.30. The SMILES string of the molecule is NCCCCCc1nc(N2CCC(Cc3ccccc3)CC2)ncc1C(=O)N(CC(=O)O)Cc1ccc(Cl)cc1. The molecule has 1 amide bonds. The Bertz CT molecular complexity index is 1250. The van der Waals surface area contributed by atoms with E-state index in [1.807, 2.05) is 6.07 Å². The number of nitrogens with two attached hydrogens (primary N) is 1. The average molecular weight is 564 g/mol. The summed E-state index contributed by atoms with van der Waals surface area (Å²) in [6.07, 6.45) is 8.02. The molecule has 0 saturated carbocycles. The maximum atomic E-state index is 13.7. The van der Waals surface area contributed by atoms with Crippen molar-refractivity contribution in [3.63, 3.8) is 0 Å². The lowest BCUT2D eigenvalue weighted by molar-refractivity contribution is -0.137. The minimum atomic E-state index is -1.08. The average Bonchev–Trinajstić information content (AvgIpc) is 2.96. The van der Waals surface area contributed by atoms with Crippen molar-refractivity contribution in [2.45, 2.75) is 51.5 Å². The standard InChI is InChI=1S/C31H38ClN5O3/c32-26-12-10-25(11-13-26)21-37(22-29(38)39)30(40)27-20-34-31(35-28(27)9-5-2-6-16-33)36-17-14-24(15-18-36)19-23-7-3-1-4-8-23/h1,3-4,7-8,10-13,20,24H,2,5-6,9,14-19,21-22,33H2,(H,38,39). The summed E-state index contributed by atoms with van der Waals surface area (Å²) in [6.45, 7) is 2.06. The molecule has 0 radical (unpaired) electrons. The van der Waals surface area contributed by atoms with Crippen LogP contribution in [-0.2, 0) is 24.2 Å². The van der Waals surface area contributed by atoms with Crippen LogP contribution in [0.4, 0.5) is 5.95 Å². The number of carboxylic acids is 1. The summed E-state index contributed by atoms with van der Waals surface area (Å²) >= 11 is 6.00. The number of carboxylic acid groups (broad SMARTS) is 1. The first kappa shape index (κ1) is 29.5. The van der Waals surface area contributed by atoms with E-state index >= 15 is 0 Å². The highest BCUT2D eigenvalue weighted by atomic mass is 35.5. The highest BCUT2D eigenvalue weighted by Gasteiger charge is 2.26. The van der Waals surface area contributed by atoms with Crippen molar-refractivity contribution < 1.29 is 14.7 Å². The first-order chi connectivity index (χ1) is 19.4. The molecule has 3 aromatic rings. The quantitative estimate of drug-likeness (QED) is 0.282. The molecule has 1 fully saturated rings. The van der Waals surface area contributed by atoms with Gasteiger partial charge in [0, 0.05) is 30.9 Å². The first-order valence-corrected chi connectivity index (χ1v) is 14.4. The zero-order valence-corrected chi connectivity index (χ0v) is 23.6. The zero-order valence-electron chi connectivity index (χ0n) is 22.8. The second kappa shape index (κ2) is 14.8. The topological polar surface area (TPSA) is 113 Å². The largest absolute Gasteiger partial charge is 0.480 e. The van der Waals surface area contributed by atoms with E-state index in [1.54, 1.807) is 30.5 Å². The Morgan fingerprint density at radius 2 is 1.73 bits per heavy atom. The maximum absolute atomic E-state index is 13.7. The molecule has 1 saturated heterocycles. The number of carbonyl (C=O) groups is 2. The lowest BCUT2D eigenvalue weighted by atomic mass is 9.90. The van der Waals surface area contributed by atoms with Crippen LogP contribution in [0.25, 0.3) is 0 Å². The van der Waals surface area contributed by atoms with E-state index in [-0.39, 0.29) is 12.5 Å². The summed E-state index contributed by atoms with van der Waals surface area (Å²) < 4.78 is 0. The molecule has 3 N–H and O–H groups in total. The number of aromatic nitrogens is 2. The first-order valence-electron chi connectivity index (χ1n) is 14.0. The van der Waals surface area contributed by atoms with Gasteiger partial charge in [0.05, 0.1) is 11.3 Å². The molecule has 0 aliphatic carbocycles. The van der Waals surface area contributed by atoms with Gasteiger partial charge < -0.3 is 20.6 Å². The molecule has 1 aliphatic rings. The monoisotopic (exact) mass is 563 g/mol. The third-order valence-electron chi connectivity index (χ3n) is 7.37. The summed E-state index contributed by atoms with van der Waals surface area (Å²) in [5, 5.41) is 10.1. The molecule has 1 aliphatic heterocycles. The van der Waals surface area contributed by atoms with Crippen LogP contribution >= 0.6 is 11.6 Å². The molecule has 40 heavy (non-hydrogen) atoms.